The lowest BCUT2D eigenvalue weighted by molar-refractivity contribution is 0.122. The number of ether oxygens (including phenoxy) is 4. The standard InChI is InChI=1S/C25H25ClN8O6S/c1-36-17-12-14(13-18(37-2)19(17)38-3)20-32-33-25(40-20)41-24-30-21(28-22(31-24)34-8-10-39-11-9-34)29-23(35)27-16-7-5-4-6-15(16)26/h4-7,12-13H,8-11H2,1-3H3,(H2,27,28,29,30,31,35). The Morgan fingerprint density at radius 1 is 0.976 bits per heavy atom. The van der Waals surface area contributed by atoms with Crippen molar-refractivity contribution >= 4 is 47.0 Å². The van der Waals surface area contributed by atoms with Gasteiger partial charge in [0.1, 0.15) is 0 Å². The molecule has 0 bridgehead atoms. The van der Waals surface area contributed by atoms with E-state index in [0.29, 0.717) is 65.8 Å². The third-order valence-corrected chi connectivity index (χ3v) is 6.78. The SMILES string of the molecule is COc1cc(-c2nnc(Sc3nc(NC(=O)Nc4ccccc4Cl)nc(N4CCOCC4)n3)o2)cc(OC)c1OC. The first kappa shape index (κ1) is 28.2. The molecule has 14 nitrogen and oxygen atoms in total. The number of carbonyl (C=O) groups excluding carboxylic acids is 1. The molecule has 2 N–H and O–H groups in total. The summed E-state index contributed by atoms with van der Waals surface area (Å²) in [6.07, 6.45) is 0. The second-order valence-corrected chi connectivity index (χ2v) is 9.61. The smallest absolute Gasteiger partial charge is 0.326 e. The molecule has 16 heteroatoms. The Morgan fingerprint density at radius 3 is 2.39 bits per heavy atom. The summed E-state index contributed by atoms with van der Waals surface area (Å²) in [5, 5.41) is 14.4. The van der Waals surface area contributed by atoms with Gasteiger partial charge in [-0.15, -0.1) is 10.2 Å². The molecule has 0 atom stereocenters. The van der Waals surface area contributed by atoms with Crippen molar-refractivity contribution in [2.45, 2.75) is 10.4 Å². The highest BCUT2D eigenvalue weighted by molar-refractivity contribution is 7.98. The third-order valence-electron chi connectivity index (χ3n) is 5.74. The Balaban J connectivity index is 1.40. The van der Waals surface area contributed by atoms with Crippen LogP contribution in [0.4, 0.5) is 22.4 Å². The fraction of sp³-hybridized carbons (Fsp3) is 0.280. The number of nitrogens with one attached hydrogen (secondary N) is 2. The monoisotopic (exact) mass is 600 g/mol. The van der Waals surface area contributed by atoms with Gasteiger partial charge in [0.2, 0.25) is 28.7 Å². The molecule has 2 aromatic heterocycles. The van der Waals surface area contributed by atoms with Crippen molar-refractivity contribution in [3.05, 3.63) is 41.4 Å². The molecular formula is C25H25ClN8O6S. The summed E-state index contributed by atoms with van der Waals surface area (Å²) in [4.78, 5) is 28.0. The highest BCUT2D eigenvalue weighted by Crippen LogP contribution is 2.41. The average molecular weight is 601 g/mol. The van der Waals surface area contributed by atoms with Gasteiger partial charge in [0, 0.05) is 30.4 Å². The number of carbonyl (C=O) groups is 1. The number of urea groups is 1. The van der Waals surface area contributed by atoms with E-state index in [4.69, 9.17) is 35.0 Å². The Kier molecular flexibility index (Phi) is 8.86. The second kappa shape index (κ2) is 12.9. The minimum absolute atomic E-state index is 0.0258. The summed E-state index contributed by atoms with van der Waals surface area (Å²) < 4.78 is 27.5. The Morgan fingerprint density at radius 2 is 1.71 bits per heavy atom. The molecular weight excluding hydrogens is 576 g/mol. The number of halogens is 1. The predicted octanol–water partition coefficient (Wildman–Crippen LogP) is 4.23. The number of hydrogen-bond acceptors (Lipinski definition) is 13. The maximum absolute atomic E-state index is 12.7. The summed E-state index contributed by atoms with van der Waals surface area (Å²) in [7, 11) is 4.55. The van der Waals surface area contributed by atoms with Crippen molar-refractivity contribution in [1.82, 2.24) is 25.1 Å². The van der Waals surface area contributed by atoms with E-state index < -0.39 is 6.03 Å². The average Bonchev–Trinajstić information content (AvgIpc) is 3.46. The van der Waals surface area contributed by atoms with Gasteiger partial charge in [-0.25, -0.2) is 4.79 Å². The number of hydrogen-bond donors (Lipinski definition) is 2. The minimum Gasteiger partial charge on any atom is -0.493 e. The van der Waals surface area contributed by atoms with Gasteiger partial charge >= 0.3 is 6.03 Å². The van der Waals surface area contributed by atoms with Crippen LogP contribution in [-0.4, -0.2) is 78.8 Å². The lowest BCUT2D eigenvalue weighted by Crippen LogP contribution is -2.37. The van der Waals surface area contributed by atoms with E-state index in [1.165, 1.54) is 21.3 Å². The van der Waals surface area contributed by atoms with E-state index >= 15 is 0 Å². The van der Waals surface area contributed by atoms with Crippen molar-refractivity contribution in [2.75, 3.05) is 63.2 Å². The Hall–Kier alpha value is -4.34. The van der Waals surface area contributed by atoms with Crippen molar-refractivity contribution in [3.63, 3.8) is 0 Å². The molecule has 1 saturated heterocycles. The number of aromatic nitrogens is 5. The van der Waals surface area contributed by atoms with Gasteiger partial charge in [0.05, 0.1) is 45.3 Å². The van der Waals surface area contributed by atoms with E-state index in [0.717, 1.165) is 11.8 Å². The highest BCUT2D eigenvalue weighted by atomic mass is 35.5. The van der Waals surface area contributed by atoms with Crippen LogP contribution in [-0.2, 0) is 4.74 Å². The zero-order chi connectivity index (χ0) is 28.8. The molecule has 41 heavy (non-hydrogen) atoms. The van der Waals surface area contributed by atoms with Gasteiger partial charge in [-0.1, -0.05) is 23.7 Å². The van der Waals surface area contributed by atoms with Gasteiger partial charge in [-0.3, -0.25) is 5.32 Å². The molecule has 4 aromatic rings. The molecule has 0 aliphatic carbocycles. The number of benzene rings is 2. The Bertz CT molecular complexity index is 1510. The van der Waals surface area contributed by atoms with Crippen molar-refractivity contribution in [3.8, 4) is 28.7 Å². The first-order valence-corrected chi connectivity index (χ1v) is 13.4. The van der Waals surface area contributed by atoms with E-state index in [9.17, 15) is 4.79 Å². The number of amides is 2. The Labute approximate surface area is 243 Å². The summed E-state index contributed by atoms with van der Waals surface area (Å²) in [6, 6.07) is 9.69. The number of methoxy groups -OCH3 is 3. The zero-order valence-corrected chi connectivity index (χ0v) is 23.8. The van der Waals surface area contributed by atoms with E-state index in [1.54, 1.807) is 36.4 Å². The van der Waals surface area contributed by atoms with Crippen LogP contribution < -0.4 is 29.7 Å². The van der Waals surface area contributed by atoms with Gasteiger partial charge in [-0.2, -0.15) is 15.0 Å². The van der Waals surface area contributed by atoms with Crippen LogP contribution in [0.1, 0.15) is 0 Å². The van der Waals surface area contributed by atoms with Crippen LogP contribution in [0.25, 0.3) is 11.5 Å². The van der Waals surface area contributed by atoms with Crippen molar-refractivity contribution in [1.29, 1.82) is 0 Å². The summed E-state index contributed by atoms with van der Waals surface area (Å²) in [5.41, 5.74) is 0.996. The van der Waals surface area contributed by atoms with E-state index in [-0.39, 0.29) is 22.2 Å². The van der Waals surface area contributed by atoms with Gasteiger partial charge in [-0.05, 0) is 24.3 Å². The maximum Gasteiger partial charge on any atom is 0.326 e. The van der Waals surface area contributed by atoms with E-state index in [1.807, 2.05) is 4.90 Å². The van der Waals surface area contributed by atoms with Crippen LogP contribution in [0.2, 0.25) is 5.02 Å². The fourth-order valence-electron chi connectivity index (χ4n) is 3.82. The topological polar surface area (TPSA) is 159 Å². The molecule has 0 saturated carbocycles. The van der Waals surface area contributed by atoms with Crippen LogP contribution >= 0.6 is 23.4 Å². The number of rotatable bonds is 9. The van der Waals surface area contributed by atoms with Crippen LogP contribution in [0.15, 0.2) is 51.2 Å². The van der Waals surface area contributed by atoms with Crippen molar-refractivity contribution < 1.29 is 28.2 Å². The maximum atomic E-state index is 12.7. The quantitative estimate of drug-likeness (QED) is 0.281. The second-order valence-electron chi connectivity index (χ2n) is 8.29. The lowest BCUT2D eigenvalue weighted by atomic mass is 10.2. The minimum atomic E-state index is -0.573. The molecule has 1 aliphatic heterocycles. The number of morpholine rings is 1. The predicted molar refractivity (Wildman–Crippen MR) is 150 cm³/mol. The fourth-order valence-corrected chi connectivity index (χ4v) is 4.62. The molecule has 2 aromatic carbocycles. The van der Waals surface area contributed by atoms with Crippen LogP contribution in [0.3, 0.4) is 0 Å². The largest absolute Gasteiger partial charge is 0.493 e. The summed E-state index contributed by atoms with van der Waals surface area (Å²) >= 11 is 7.18. The first-order chi connectivity index (χ1) is 20.0. The molecule has 214 valence electrons. The first-order valence-electron chi connectivity index (χ1n) is 12.2. The molecule has 1 aliphatic rings. The van der Waals surface area contributed by atoms with Gasteiger partial charge in [0.15, 0.2) is 11.5 Å². The molecule has 3 heterocycles. The zero-order valence-electron chi connectivity index (χ0n) is 22.2. The molecule has 5 rings (SSSR count). The molecule has 0 unspecified atom stereocenters. The number of nitrogens with zero attached hydrogens (tertiary/aromatic N) is 6. The highest BCUT2D eigenvalue weighted by Gasteiger charge is 2.21. The molecule has 0 spiro atoms. The number of anilines is 3. The van der Waals surface area contributed by atoms with Gasteiger partial charge < -0.3 is 33.6 Å². The summed E-state index contributed by atoms with van der Waals surface area (Å²) in [6.45, 7) is 2.19. The molecule has 2 amide bonds. The van der Waals surface area contributed by atoms with Crippen LogP contribution in [0.5, 0.6) is 17.2 Å². The van der Waals surface area contributed by atoms with Crippen molar-refractivity contribution in [2.24, 2.45) is 0 Å². The number of para-hydroxylation sites is 1. The lowest BCUT2D eigenvalue weighted by Gasteiger charge is -2.26. The van der Waals surface area contributed by atoms with Gasteiger partial charge in [0.25, 0.3) is 5.22 Å². The third kappa shape index (κ3) is 6.70. The molecule has 0 radical (unpaired) electrons. The summed E-state index contributed by atoms with van der Waals surface area (Å²) in [5.74, 6) is 1.92. The van der Waals surface area contributed by atoms with Crippen LogP contribution in [0, 0.1) is 0 Å². The normalized spacial score (nSPS) is 13.0. The molecule has 1 fully saturated rings. The van der Waals surface area contributed by atoms with E-state index in [2.05, 4.69) is 35.8 Å².